The van der Waals surface area contributed by atoms with Crippen LogP contribution in [0, 0.1) is 0 Å². The lowest BCUT2D eigenvalue weighted by Gasteiger charge is -2.48. The summed E-state index contributed by atoms with van der Waals surface area (Å²) in [7, 11) is 0. The van der Waals surface area contributed by atoms with Crippen molar-refractivity contribution >= 4 is 5.91 Å². The van der Waals surface area contributed by atoms with Crippen LogP contribution >= 0.6 is 0 Å². The van der Waals surface area contributed by atoms with Crippen LogP contribution in [0.1, 0.15) is 328 Å². The Morgan fingerprint density at radius 2 is 0.625 bits per heavy atom. The van der Waals surface area contributed by atoms with E-state index in [0.29, 0.717) is 12.8 Å². The molecule has 0 aromatic rings. The van der Waals surface area contributed by atoms with Crippen molar-refractivity contribution in [3.05, 3.63) is 122 Å². The largest absolute Gasteiger partial charge is 0.394 e. The van der Waals surface area contributed by atoms with Gasteiger partial charge in [-0.15, -0.1) is 0 Å². The molecule has 17 atom stereocenters. The predicted molar refractivity (Wildman–Crippen MR) is 452 cm³/mol. The Hall–Kier alpha value is -3.81. The lowest BCUT2D eigenvalue weighted by molar-refractivity contribution is -0.379. The van der Waals surface area contributed by atoms with Gasteiger partial charge in [-0.25, -0.2) is 0 Å². The van der Waals surface area contributed by atoms with Gasteiger partial charge >= 0.3 is 0 Å². The number of unbranched alkanes of at least 4 members (excludes halogenated alkanes) is 37. The van der Waals surface area contributed by atoms with Gasteiger partial charge in [-0.3, -0.25) is 4.79 Å². The van der Waals surface area contributed by atoms with E-state index in [2.05, 4.69) is 129 Å². The van der Waals surface area contributed by atoms with Crippen LogP contribution in [0.25, 0.3) is 0 Å². The van der Waals surface area contributed by atoms with Crippen LogP contribution in [0.2, 0.25) is 0 Å². The highest BCUT2D eigenvalue weighted by atomic mass is 16.8. The SMILES string of the molecule is CC/C=C\C/C=C\C/C=C\C/C=C\C/C=C\C/C=C\C/C=C\C/C=C\CCCCCCCCCCCCCCCCC(=O)NC(COC1OC(CO)C(OC2OC(CO)C(OC3OC(CO)C(O)C(O)C3O)C(O)C2O)C(O)C1O)C(O)/C=C/CC/C=C/CCCCCCCCCCCCCCCCCCCCCCCC. The number of rotatable bonds is 71. The Bertz CT molecular complexity index is 2500. The van der Waals surface area contributed by atoms with Gasteiger partial charge in [-0.1, -0.05) is 347 Å². The molecule has 3 aliphatic rings. The number of carbonyl (C=O) groups is 1. The highest BCUT2D eigenvalue weighted by molar-refractivity contribution is 5.76. The van der Waals surface area contributed by atoms with Crippen LogP contribution in [-0.2, 0) is 33.2 Å². The number of allylic oxidation sites excluding steroid dienone is 19. The van der Waals surface area contributed by atoms with Crippen LogP contribution in [0.4, 0.5) is 0 Å². The monoisotopic (exact) mass is 1580 g/mol. The molecule has 0 aliphatic carbocycles. The summed E-state index contributed by atoms with van der Waals surface area (Å²) in [5, 5.41) is 121. The zero-order valence-electron chi connectivity index (χ0n) is 69.6. The molecule has 19 nitrogen and oxygen atoms in total. The van der Waals surface area contributed by atoms with Gasteiger partial charge in [-0.05, 0) is 96.3 Å². The van der Waals surface area contributed by atoms with Crippen molar-refractivity contribution in [2.75, 3.05) is 26.4 Å². The van der Waals surface area contributed by atoms with Gasteiger partial charge in [-0.2, -0.15) is 0 Å². The second kappa shape index (κ2) is 71.3. The van der Waals surface area contributed by atoms with Gasteiger partial charge < -0.3 is 89.9 Å². The minimum Gasteiger partial charge on any atom is -0.394 e. The molecule has 3 aliphatic heterocycles. The van der Waals surface area contributed by atoms with Crippen molar-refractivity contribution in [2.24, 2.45) is 0 Å². The maximum absolute atomic E-state index is 13.5. The van der Waals surface area contributed by atoms with Crippen molar-refractivity contribution in [3.8, 4) is 0 Å². The maximum Gasteiger partial charge on any atom is 0.220 e. The number of aliphatic hydroxyl groups excluding tert-OH is 11. The van der Waals surface area contributed by atoms with E-state index in [4.69, 9.17) is 28.4 Å². The van der Waals surface area contributed by atoms with Crippen molar-refractivity contribution in [3.63, 3.8) is 0 Å². The van der Waals surface area contributed by atoms with Crippen LogP contribution < -0.4 is 5.32 Å². The highest BCUT2D eigenvalue weighted by Gasteiger charge is 2.54. The molecule has 0 aromatic heterocycles. The predicted octanol–water partition coefficient (Wildman–Crippen LogP) is 17.0. The molecule has 112 heavy (non-hydrogen) atoms. The fourth-order valence-corrected chi connectivity index (χ4v) is 14.4. The third kappa shape index (κ3) is 49.4. The normalized spacial score (nSPS) is 25.5. The third-order valence-corrected chi connectivity index (χ3v) is 21.5. The lowest BCUT2D eigenvalue weighted by atomic mass is 9.96. The molecule has 1 amide bonds. The summed E-state index contributed by atoms with van der Waals surface area (Å²) in [6, 6.07) is -0.999. The Labute approximate surface area is 678 Å². The summed E-state index contributed by atoms with van der Waals surface area (Å²) in [6.07, 6.45) is 74.8. The highest BCUT2D eigenvalue weighted by Crippen LogP contribution is 2.33. The van der Waals surface area contributed by atoms with Crippen molar-refractivity contribution in [2.45, 2.75) is 433 Å². The van der Waals surface area contributed by atoms with Crippen LogP contribution in [0.15, 0.2) is 122 Å². The molecular weight excluding hydrogens is 1420 g/mol. The Morgan fingerprint density at radius 1 is 0.330 bits per heavy atom. The first-order valence-corrected chi connectivity index (χ1v) is 44.8. The molecular formula is C93H161NO18. The summed E-state index contributed by atoms with van der Waals surface area (Å²) < 4.78 is 34.5. The van der Waals surface area contributed by atoms with E-state index in [1.807, 2.05) is 6.08 Å². The minimum absolute atomic E-state index is 0.229. The first-order chi connectivity index (χ1) is 54.8. The van der Waals surface area contributed by atoms with Gasteiger partial charge in [0, 0.05) is 6.42 Å². The molecule has 3 saturated heterocycles. The second-order valence-electron chi connectivity index (χ2n) is 31.3. The fraction of sp³-hybridized carbons (Fsp3) is 0.774. The summed E-state index contributed by atoms with van der Waals surface area (Å²) in [5.41, 5.74) is 0. The average molecular weight is 1580 g/mol. The van der Waals surface area contributed by atoms with Crippen molar-refractivity contribution < 1.29 is 89.4 Å². The molecule has 17 unspecified atom stereocenters. The van der Waals surface area contributed by atoms with E-state index in [-0.39, 0.29) is 18.9 Å². The van der Waals surface area contributed by atoms with Gasteiger partial charge in [0.05, 0.1) is 38.6 Å². The van der Waals surface area contributed by atoms with E-state index in [1.165, 1.54) is 193 Å². The minimum atomic E-state index is -1.99. The van der Waals surface area contributed by atoms with Crippen LogP contribution in [-0.4, -0.2) is 193 Å². The number of hydrogen-bond acceptors (Lipinski definition) is 18. The number of amides is 1. The quantitative estimate of drug-likeness (QED) is 0.0199. The number of hydrogen-bond donors (Lipinski definition) is 12. The van der Waals surface area contributed by atoms with E-state index >= 15 is 0 Å². The Balaban J connectivity index is 1.34. The van der Waals surface area contributed by atoms with E-state index in [1.54, 1.807) is 6.08 Å². The first kappa shape index (κ1) is 102. The first-order valence-electron chi connectivity index (χ1n) is 44.8. The van der Waals surface area contributed by atoms with Gasteiger partial charge in [0.2, 0.25) is 5.91 Å². The Morgan fingerprint density at radius 3 is 1.00 bits per heavy atom. The molecule has 19 heteroatoms. The molecule has 3 rings (SSSR count). The van der Waals surface area contributed by atoms with Crippen molar-refractivity contribution in [1.82, 2.24) is 5.32 Å². The van der Waals surface area contributed by atoms with Crippen molar-refractivity contribution in [1.29, 1.82) is 0 Å². The average Bonchev–Trinajstić information content (AvgIpc) is 0.780. The van der Waals surface area contributed by atoms with Crippen LogP contribution in [0.5, 0.6) is 0 Å². The molecule has 646 valence electrons. The van der Waals surface area contributed by atoms with Gasteiger partial charge in [0.15, 0.2) is 18.9 Å². The topological polar surface area (TPSA) is 307 Å². The fourth-order valence-electron chi connectivity index (χ4n) is 14.4. The van der Waals surface area contributed by atoms with Gasteiger partial charge in [0.1, 0.15) is 73.2 Å². The summed E-state index contributed by atoms with van der Waals surface area (Å²) in [5.74, 6) is -0.286. The molecule has 0 bridgehead atoms. The number of aliphatic hydroxyl groups is 11. The van der Waals surface area contributed by atoms with Crippen LogP contribution in [0.3, 0.4) is 0 Å². The van der Waals surface area contributed by atoms with E-state index in [0.717, 1.165) is 103 Å². The number of ether oxygens (including phenoxy) is 6. The smallest absolute Gasteiger partial charge is 0.220 e. The zero-order chi connectivity index (χ0) is 81.0. The molecule has 0 spiro atoms. The second-order valence-corrected chi connectivity index (χ2v) is 31.3. The Kier molecular flexibility index (Phi) is 65.2. The molecule has 3 fully saturated rings. The molecule has 0 saturated carbocycles. The van der Waals surface area contributed by atoms with E-state index < -0.39 is 124 Å². The molecule has 0 radical (unpaired) electrons. The zero-order valence-corrected chi connectivity index (χ0v) is 69.6. The molecule has 3 heterocycles. The van der Waals surface area contributed by atoms with E-state index in [9.17, 15) is 61.0 Å². The third-order valence-electron chi connectivity index (χ3n) is 21.5. The summed E-state index contributed by atoms with van der Waals surface area (Å²) in [4.78, 5) is 13.5. The summed E-state index contributed by atoms with van der Waals surface area (Å²) >= 11 is 0. The van der Waals surface area contributed by atoms with Gasteiger partial charge in [0.25, 0.3) is 0 Å². The number of nitrogens with one attached hydrogen (secondary N) is 1. The molecule has 0 aromatic carbocycles. The maximum atomic E-state index is 13.5. The number of carbonyl (C=O) groups excluding carboxylic acids is 1. The lowest BCUT2D eigenvalue weighted by Crippen LogP contribution is -2.66. The summed E-state index contributed by atoms with van der Waals surface area (Å²) in [6.45, 7) is 1.64. The molecule has 12 N–H and O–H groups in total. The standard InChI is InChI=1S/C93H161NO18/c1-3-5-7-9-11-13-15-17-19-21-23-25-27-29-31-33-34-35-36-37-38-39-40-41-42-43-45-47-49-51-53-55-57-59-61-63-65-67-69-71-81(99)94-76(77(98)70-68-66-64-62-60-58-56-54-52-50-48-46-44-32-30-28-26-24-22-20-18-16-14-12-10-8-6-4-2)75-107-91-87(105)84(102)89(79(73-96)109-91)112-93-88(106)85(103)90(80(74-97)110-93)111-92-86(104)83(101)82(100)78(72-95)108-92/h5,7,11,13,17,19,23,25,29,31,34-35,37-38,40-41,60,62,68,70,76-80,82-93,95-98,100-106H,3-4,6,8-10,12,14-16,18,20-22,24,26-28,30,32-33,36,39,42-59,61,63-67,69,71-75H2,1-2H3,(H,94,99)/b7-5-,13-11-,19-17-,25-23-,31-29-,35-34-,38-37-,41-40-,62-60+,70-68+.